The molecule has 1 aromatic heterocycles. The van der Waals surface area contributed by atoms with Crippen LogP contribution in [0.1, 0.15) is 47.1 Å². The van der Waals surface area contributed by atoms with Crippen molar-refractivity contribution in [1.82, 2.24) is 9.55 Å². The Morgan fingerprint density at radius 3 is 2.78 bits per heavy atom. The van der Waals surface area contributed by atoms with E-state index in [4.69, 9.17) is 14.7 Å². The number of halogens is 3. The molecule has 2 aromatic rings. The number of methoxy groups -OCH3 is 1. The first-order valence-electron chi connectivity index (χ1n) is 8.25. The summed E-state index contributed by atoms with van der Waals surface area (Å²) in [5, 5.41) is 9.06. The second-order valence-electron chi connectivity index (χ2n) is 6.04. The molecule has 1 aromatic carbocycles. The Balaban J connectivity index is 2.19. The molecular formula is C18H16F3N3O3. The van der Waals surface area contributed by atoms with E-state index in [0.29, 0.717) is 13.0 Å². The van der Waals surface area contributed by atoms with Crippen molar-refractivity contribution < 1.29 is 27.4 Å². The van der Waals surface area contributed by atoms with E-state index in [1.54, 1.807) is 0 Å². The third-order valence-corrected chi connectivity index (χ3v) is 4.28. The zero-order valence-corrected chi connectivity index (χ0v) is 14.4. The van der Waals surface area contributed by atoms with Gasteiger partial charge in [-0.2, -0.15) is 18.4 Å². The van der Waals surface area contributed by atoms with Gasteiger partial charge in [-0.1, -0.05) is 0 Å². The van der Waals surface area contributed by atoms with Gasteiger partial charge in [0.25, 0.3) is 0 Å². The molecule has 142 valence electrons. The molecule has 1 fully saturated rings. The minimum absolute atomic E-state index is 0.0343. The maximum atomic E-state index is 13.3. The van der Waals surface area contributed by atoms with E-state index in [1.165, 1.54) is 22.8 Å². The van der Waals surface area contributed by atoms with Gasteiger partial charge in [0.2, 0.25) is 0 Å². The molecule has 27 heavy (non-hydrogen) atoms. The molecule has 0 spiro atoms. The van der Waals surface area contributed by atoms with E-state index >= 15 is 0 Å². The summed E-state index contributed by atoms with van der Waals surface area (Å²) >= 11 is 0. The van der Waals surface area contributed by atoms with Crippen molar-refractivity contribution >= 4 is 5.97 Å². The fourth-order valence-electron chi connectivity index (χ4n) is 2.98. The average molecular weight is 379 g/mol. The maximum absolute atomic E-state index is 13.3. The van der Waals surface area contributed by atoms with Gasteiger partial charge in [0.15, 0.2) is 5.69 Å². The second kappa shape index (κ2) is 7.40. The van der Waals surface area contributed by atoms with Gasteiger partial charge in [0, 0.05) is 18.4 Å². The summed E-state index contributed by atoms with van der Waals surface area (Å²) in [6.07, 6.45) is -2.20. The SMILES string of the molecule is COC(=O)c1cc(C#N)ccc1-c1nc(C(F)(F)F)cn1C1CCCCO1. The van der Waals surface area contributed by atoms with Gasteiger partial charge in [0.05, 0.1) is 24.3 Å². The van der Waals surface area contributed by atoms with Crippen LogP contribution in [0.4, 0.5) is 13.2 Å². The molecule has 1 aliphatic heterocycles. The van der Waals surface area contributed by atoms with Crippen molar-refractivity contribution in [3.8, 4) is 17.5 Å². The number of ether oxygens (including phenoxy) is 2. The van der Waals surface area contributed by atoms with Crippen LogP contribution in [0, 0.1) is 11.3 Å². The quantitative estimate of drug-likeness (QED) is 0.756. The fraction of sp³-hybridized carbons (Fsp3) is 0.389. The molecule has 0 aliphatic carbocycles. The first kappa shape index (κ1) is 18.9. The van der Waals surface area contributed by atoms with E-state index in [0.717, 1.165) is 26.1 Å². The molecule has 0 N–H and O–H groups in total. The van der Waals surface area contributed by atoms with E-state index in [9.17, 15) is 18.0 Å². The second-order valence-corrected chi connectivity index (χ2v) is 6.04. The van der Waals surface area contributed by atoms with Gasteiger partial charge < -0.3 is 14.0 Å². The highest BCUT2D eigenvalue weighted by atomic mass is 19.4. The van der Waals surface area contributed by atoms with Crippen LogP contribution in [-0.4, -0.2) is 29.2 Å². The lowest BCUT2D eigenvalue weighted by atomic mass is 10.0. The number of nitrogens with zero attached hydrogens (tertiary/aromatic N) is 3. The predicted octanol–water partition coefficient (Wildman–Crippen LogP) is 3.93. The van der Waals surface area contributed by atoms with E-state index < -0.39 is 24.1 Å². The zero-order valence-electron chi connectivity index (χ0n) is 14.4. The molecule has 2 heterocycles. The minimum atomic E-state index is -4.65. The van der Waals surface area contributed by atoms with Crippen molar-refractivity contribution in [3.63, 3.8) is 0 Å². The lowest BCUT2D eigenvalue weighted by Crippen LogP contribution is -2.19. The molecule has 1 unspecified atom stereocenters. The number of rotatable bonds is 3. The van der Waals surface area contributed by atoms with Crippen molar-refractivity contribution in [1.29, 1.82) is 5.26 Å². The lowest BCUT2D eigenvalue weighted by Gasteiger charge is -2.25. The standard InChI is InChI=1S/C18H16F3N3O3/c1-26-17(25)13-8-11(9-22)5-6-12(13)16-23-14(18(19,20)21)10-24(16)15-4-2-3-7-27-15/h5-6,8,10,15H,2-4,7H2,1H3. The van der Waals surface area contributed by atoms with Crippen LogP contribution < -0.4 is 0 Å². The summed E-state index contributed by atoms with van der Waals surface area (Å²) in [5.74, 6) is -0.825. The molecule has 6 nitrogen and oxygen atoms in total. The summed E-state index contributed by atoms with van der Waals surface area (Å²) in [6, 6.07) is 5.97. The summed E-state index contributed by atoms with van der Waals surface area (Å²) in [5.41, 5.74) is -0.785. The lowest BCUT2D eigenvalue weighted by molar-refractivity contribution is -0.141. The van der Waals surface area contributed by atoms with Gasteiger partial charge in [0.1, 0.15) is 12.1 Å². The summed E-state index contributed by atoms with van der Waals surface area (Å²) in [7, 11) is 1.16. The summed E-state index contributed by atoms with van der Waals surface area (Å²) in [4.78, 5) is 15.9. The minimum Gasteiger partial charge on any atom is -0.465 e. The largest absolute Gasteiger partial charge is 0.465 e. The number of benzene rings is 1. The normalized spacial score (nSPS) is 17.4. The Morgan fingerprint density at radius 2 is 2.19 bits per heavy atom. The topological polar surface area (TPSA) is 77.1 Å². The molecule has 1 atom stereocenters. The van der Waals surface area contributed by atoms with Gasteiger partial charge in [-0.15, -0.1) is 0 Å². The number of imidazole rings is 1. The highest BCUT2D eigenvalue weighted by Crippen LogP contribution is 2.36. The highest BCUT2D eigenvalue weighted by Gasteiger charge is 2.37. The molecule has 0 amide bonds. The van der Waals surface area contributed by atoms with Crippen molar-refractivity contribution in [3.05, 3.63) is 41.2 Å². The number of hydrogen-bond donors (Lipinski definition) is 0. The van der Waals surface area contributed by atoms with Crippen LogP contribution in [0.5, 0.6) is 0 Å². The molecule has 9 heteroatoms. The molecule has 0 saturated carbocycles. The van der Waals surface area contributed by atoms with Crippen LogP contribution in [0.2, 0.25) is 0 Å². The molecular weight excluding hydrogens is 363 g/mol. The Hall–Kier alpha value is -2.86. The van der Waals surface area contributed by atoms with Crippen LogP contribution in [0.3, 0.4) is 0 Å². The Kier molecular flexibility index (Phi) is 5.19. The number of esters is 1. The predicted molar refractivity (Wildman–Crippen MR) is 87.6 cm³/mol. The van der Waals surface area contributed by atoms with Crippen LogP contribution in [0.25, 0.3) is 11.4 Å². The van der Waals surface area contributed by atoms with Gasteiger partial charge in [-0.05, 0) is 37.5 Å². The van der Waals surface area contributed by atoms with Crippen molar-refractivity contribution in [2.75, 3.05) is 13.7 Å². The first-order valence-corrected chi connectivity index (χ1v) is 8.25. The smallest absolute Gasteiger partial charge is 0.434 e. The summed E-state index contributed by atoms with van der Waals surface area (Å²) < 4.78 is 51.4. The number of carbonyl (C=O) groups excluding carboxylic acids is 1. The fourth-order valence-corrected chi connectivity index (χ4v) is 2.98. The Bertz CT molecular complexity index is 893. The molecule has 1 aliphatic rings. The third kappa shape index (κ3) is 3.80. The van der Waals surface area contributed by atoms with Crippen molar-refractivity contribution in [2.24, 2.45) is 0 Å². The number of aromatic nitrogens is 2. The number of alkyl halides is 3. The van der Waals surface area contributed by atoms with Gasteiger partial charge in [-0.3, -0.25) is 0 Å². The third-order valence-electron chi connectivity index (χ3n) is 4.28. The van der Waals surface area contributed by atoms with E-state index in [-0.39, 0.29) is 22.5 Å². The average Bonchev–Trinajstić information content (AvgIpc) is 3.13. The first-order chi connectivity index (χ1) is 12.8. The molecule has 1 saturated heterocycles. The van der Waals surface area contributed by atoms with Crippen LogP contribution in [-0.2, 0) is 15.7 Å². The summed E-state index contributed by atoms with van der Waals surface area (Å²) in [6.45, 7) is 0.431. The van der Waals surface area contributed by atoms with Crippen molar-refractivity contribution in [2.45, 2.75) is 31.7 Å². The molecule has 0 radical (unpaired) electrons. The maximum Gasteiger partial charge on any atom is 0.434 e. The van der Waals surface area contributed by atoms with E-state index in [1.807, 2.05) is 6.07 Å². The van der Waals surface area contributed by atoms with Gasteiger partial charge in [-0.25, -0.2) is 9.78 Å². The Morgan fingerprint density at radius 1 is 1.41 bits per heavy atom. The number of nitriles is 1. The molecule has 3 rings (SSSR count). The number of carbonyl (C=O) groups is 1. The highest BCUT2D eigenvalue weighted by molar-refractivity contribution is 5.96. The van der Waals surface area contributed by atoms with Crippen LogP contribution in [0.15, 0.2) is 24.4 Å². The van der Waals surface area contributed by atoms with Crippen LogP contribution >= 0.6 is 0 Å². The monoisotopic (exact) mass is 379 g/mol. The van der Waals surface area contributed by atoms with E-state index in [2.05, 4.69) is 4.98 Å². The number of hydrogen-bond acceptors (Lipinski definition) is 5. The zero-order chi connectivity index (χ0) is 19.6. The Labute approximate surface area is 153 Å². The molecule has 0 bridgehead atoms. The van der Waals surface area contributed by atoms with Gasteiger partial charge >= 0.3 is 12.1 Å².